The van der Waals surface area contributed by atoms with Gasteiger partial charge in [-0.25, -0.2) is 0 Å². The van der Waals surface area contributed by atoms with Gasteiger partial charge in [-0.05, 0) is 12.8 Å². The highest BCUT2D eigenvalue weighted by Crippen LogP contribution is 2.25. The molecule has 0 saturated heterocycles. The van der Waals surface area contributed by atoms with Crippen molar-refractivity contribution in [2.24, 2.45) is 0 Å². The predicted octanol–water partition coefficient (Wildman–Crippen LogP) is 6.51. The maximum absolute atomic E-state index is 5.55. The smallest absolute Gasteiger partial charge is 0.142 e. The van der Waals surface area contributed by atoms with E-state index in [0.717, 1.165) is 26.1 Å². The minimum absolute atomic E-state index is 0.776. The van der Waals surface area contributed by atoms with Crippen molar-refractivity contribution in [2.45, 2.75) is 90.9 Å². The van der Waals surface area contributed by atoms with E-state index in [1.54, 1.807) is 0 Å². The second-order valence-electron chi connectivity index (χ2n) is 5.43. The fraction of sp³-hybridized carbons (Fsp3) is 1.00. The molecule has 0 aromatic rings. The van der Waals surface area contributed by atoms with E-state index in [4.69, 9.17) is 20.9 Å². The molecule has 0 aromatic carbocycles. The lowest BCUT2D eigenvalue weighted by Gasteiger charge is -1.99. The van der Waals surface area contributed by atoms with Crippen LogP contribution in [0.4, 0.5) is 0 Å². The highest BCUT2D eigenvalue weighted by atomic mass is 32.4. The average molecular weight is 321 g/mol. The summed E-state index contributed by atoms with van der Waals surface area (Å²) < 4.78 is 11.1. The van der Waals surface area contributed by atoms with Crippen molar-refractivity contribution >= 4 is 19.0 Å². The summed E-state index contributed by atoms with van der Waals surface area (Å²) >= 11 is 5.20. The van der Waals surface area contributed by atoms with Gasteiger partial charge in [-0.1, -0.05) is 78.1 Å². The Bertz CT molecular complexity index is 193. The molecule has 0 amide bonds. The standard InChI is InChI=1S/C16H34O2PS/c1-3-5-7-9-11-13-15-17-19(20)18-16-14-12-10-8-6-4-2/h3-16H2,1-2H3/q+1. The SMILES string of the molecule is CCCCCCCCO[P+](=S)OCCCCCCCC. The summed E-state index contributed by atoms with van der Waals surface area (Å²) in [6.45, 7) is 6.04. The molecule has 0 radical (unpaired) electrons. The van der Waals surface area contributed by atoms with Crippen LogP contribution in [0.3, 0.4) is 0 Å². The Balaban J connectivity index is 3.13. The molecule has 120 valence electrons. The van der Waals surface area contributed by atoms with Crippen molar-refractivity contribution in [3.05, 3.63) is 0 Å². The Morgan fingerprint density at radius 1 is 0.600 bits per heavy atom. The van der Waals surface area contributed by atoms with Gasteiger partial charge in [0.1, 0.15) is 13.2 Å². The zero-order chi connectivity index (χ0) is 14.9. The summed E-state index contributed by atoms with van der Waals surface area (Å²) in [6.07, 6.45) is 15.5. The van der Waals surface area contributed by atoms with Gasteiger partial charge < -0.3 is 0 Å². The number of rotatable bonds is 16. The fourth-order valence-electron chi connectivity index (χ4n) is 2.08. The minimum atomic E-state index is -1.05. The summed E-state index contributed by atoms with van der Waals surface area (Å²) in [6, 6.07) is 0. The molecule has 0 saturated carbocycles. The summed E-state index contributed by atoms with van der Waals surface area (Å²) in [4.78, 5) is 0. The van der Waals surface area contributed by atoms with Gasteiger partial charge in [-0.2, -0.15) is 0 Å². The van der Waals surface area contributed by atoms with Gasteiger partial charge in [0.25, 0.3) is 0 Å². The van der Waals surface area contributed by atoms with Gasteiger partial charge in [0.05, 0.1) is 0 Å². The molecule has 0 heterocycles. The van der Waals surface area contributed by atoms with E-state index in [0.29, 0.717) is 0 Å². The van der Waals surface area contributed by atoms with E-state index in [9.17, 15) is 0 Å². The summed E-state index contributed by atoms with van der Waals surface area (Å²) in [5.41, 5.74) is 0. The highest BCUT2D eigenvalue weighted by Gasteiger charge is 2.12. The topological polar surface area (TPSA) is 18.5 Å². The molecule has 0 fully saturated rings. The normalized spacial score (nSPS) is 10.9. The Labute approximate surface area is 132 Å². The van der Waals surface area contributed by atoms with Gasteiger partial charge in [0.2, 0.25) is 11.8 Å². The molecule has 0 unspecified atom stereocenters. The molecule has 0 aliphatic carbocycles. The average Bonchev–Trinajstić information content (AvgIpc) is 2.45. The first-order chi connectivity index (χ1) is 9.81. The molecule has 0 atom stereocenters. The van der Waals surface area contributed by atoms with Gasteiger partial charge in [-0.15, -0.1) is 9.05 Å². The van der Waals surface area contributed by atoms with Crippen LogP contribution in [0.15, 0.2) is 0 Å². The van der Waals surface area contributed by atoms with Crippen molar-refractivity contribution in [2.75, 3.05) is 13.2 Å². The second-order valence-corrected chi connectivity index (χ2v) is 7.28. The largest absolute Gasteiger partial charge is 0.521 e. The van der Waals surface area contributed by atoms with Crippen molar-refractivity contribution < 1.29 is 9.05 Å². The van der Waals surface area contributed by atoms with Crippen LogP contribution in [-0.2, 0) is 20.9 Å². The number of hydrogen-bond donors (Lipinski definition) is 0. The van der Waals surface area contributed by atoms with Crippen molar-refractivity contribution in [1.29, 1.82) is 0 Å². The monoisotopic (exact) mass is 321 g/mol. The quantitative estimate of drug-likeness (QED) is 0.238. The van der Waals surface area contributed by atoms with Crippen LogP contribution in [0.1, 0.15) is 90.9 Å². The third-order valence-corrected chi connectivity index (χ3v) is 4.81. The maximum Gasteiger partial charge on any atom is 0.521 e. The Kier molecular flexibility index (Phi) is 17.9. The third kappa shape index (κ3) is 16.5. The van der Waals surface area contributed by atoms with Crippen LogP contribution in [0.2, 0.25) is 0 Å². The molecule has 0 aliphatic heterocycles. The predicted molar refractivity (Wildman–Crippen MR) is 92.9 cm³/mol. The molecule has 0 spiro atoms. The van der Waals surface area contributed by atoms with Crippen LogP contribution in [0.25, 0.3) is 0 Å². The van der Waals surface area contributed by atoms with E-state index in [2.05, 4.69) is 13.8 Å². The maximum atomic E-state index is 5.55. The van der Waals surface area contributed by atoms with Crippen molar-refractivity contribution in [3.8, 4) is 0 Å². The Morgan fingerprint density at radius 2 is 0.950 bits per heavy atom. The van der Waals surface area contributed by atoms with Crippen molar-refractivity contribution in [1.82, 2.24) is 0 Å². The van der Waals surface area contributed by atoms with Crippen LogP contribution < -0.4 is 0 Å². The first kappa shape index (κ1) is 20.4. The molecule has 4 heteroatoms. The zero-order valence-corrected chi connectivity index (χ0v) is 15.3. The second kappa shape index (κ2) is 17.5. The molecular formula is C16H34O2PS+. The van der Waals surface area contributed by atoms with E-state index in [1.165, 1.54) is 64.2 Å². The van der Waals surface area contributed by atoms with E-state index in [1.807, 2.05) is 0 Å². The van der Waals surface area contributed by atoms with Crippen LogP contribution >= 0.6 is 7.15 Å². The minimum Gasteiger partial charge on any atom is -0.142 e. The van der Waals surface area contributed by atoms with E-state index >= 15 is 0 Å². The van der Waals surface area contributed by atoms with Crippen LogP contribution in [0.5, 0.6) is 0 Å². The third-order valence-electron chi connectivity index (χ3n) is 3.39. The van der Waals surface area contributed by atoms with Crippen LogP contribution in [0, 0.1) is 0 Å². The summed E-state index contributed by atoms with van der Waals surface area (Å²) in [5.74, 6) is 0. The fourth-order valence-corrected chi connectivity index (χ4v) is 3.16. The highest BCUT2D eigenvalue weighted by molar-refractivity contribution is 8.00. The van der Waals surface area contributed by atoms with Gasteiger partial charge in [0.15, 0.2) is 0 Å². The zero-order valence-electron chi connectivity index (χ0n) is 13.6. The molecule has 0 bridgehead atoms. The molecule has 0 aliphatic rings. The van der Waals surface area contributed by atoms with E-state index in [-0.39, 0.29) is 0 Å². The summed E-state index contributed by atoms with van der Waals surface area (Å²) in [5, 5.41) is 0. The number of hydrogen-bond acceptors (Lipinski definition) is 3. The van der Waals surface area contributed by atoms with Crippen molar-refractivity contribution in [3.63, 3.8) is 0 Å². The Hall–Kier alpha value is 0.440. The lowest BCUT2D eigenvalue weighted by atomic mass is 10.1. The molecule has 0 aromatic heterocycles. The molecular weight excluding hydrogens is 287 g/mol. The number of unbranched alkanes of at least 4 members (excludes halogenated alkanes) is 10. The van der Waals surface area contributed by atoms with E-state index < -0.39 is 7.15 Å². The molecule has 0 rings (SSSR count). The molecule has 0 N–H and O–H groups in total. The first-order valence-corrected chi connectivity index (χ1v) is 10.7. The molecule has 20 heavy (non-hydrogen) atoms. The van der Waals surface area contributed by atoms with Gasteiger partial charge in [0, 0.05) is 0 Å². The van der Waals surface area contributed by atoms with Gasteiger partial charge >= 0.3 is 7.15 Å². The lowest BCUT2D eigenvalue weighted by Crippen LogP contribution is -1.92. The molecule has 2 nitrogen and oxygen atoms in total. The Morgan fingerprint density at radius 3 is 1.35 bits per heavy atom. The first-order valence-electron chi connectivity index (χ1n) is 8.54. The van der Waals surface area contributed by atoms with Crippen LogP contribution in [-0.4, -0.2) is 13.2 Å². The lowest BCUT2D eigenvalue weighted by molar-refractivity contribution is 0.254. The van der Waals surface area contributed by atoms with Gasteiger partial charge in [-0.3, -0.25) is 0 Å². The summed E-state index contributed by atoms with van der Waals surface area (Å²) in [7, 11) is -1.05.